The van der Waals surface area contributed by atoms with Crippen LogP contribution >= 0.6 is 0 Å². The first-order chi connectivity index (χ1) is 12.6. The molecule has 3 aromatic carbocycles. The Balaban J connectivity index is 1.72. The summed E-state index contributed by atoms with van der Waals surface area (Å²) in [6.07, 6.45) is 0. The highest BCUT2D eigenvalue weighted by Gasteiger charge is 2.26. The fraction of sp³-hybridized carbons (Fsp3) is 0.0500. The minimum atomic E-state index is -4.01. The standard InChI is InChI=1S/C20H16N2O3S/c21-13-14-9-11-15(12-10-14)26(23,24)25-22-20-18-7-3-1-5-16(18)17-6-2-4-8-19(17)20/h1-12H,13,21H2. The van der Waals surface area contributed by atoms with Gasteiger partial charge in [-0.25, -0.2) is 0 Å². The van der Waals surface area contributed by atoms with Gasteiger partial charge in [-0.3, -0.25) is 4.28 Å². The third-order valence-corrected chi connectivity index (χ3v) is 5.45. The van der Waals surface area contributed by atoms with E-state index in [0.717, 1.165) is 27.8 Å². The maximum absolute atomic E-state index is 12.5. The largest absolute Gasteiger partial charge is 0.358 e. The van der Waals surface area contributed by atoms with Crippen molar-refractivity contribution in [2.45, 2.75) is 11.4 Å². The van der Waals surface area contributed by atoms with E-state index in [0.29, 0.717) is 12.3 Å². The summed E-state index contributed by atoms with van der Waals surface area (Å²) in [6.45, 7) is 0.344. The van der Waals surface area contributed by atoms with Crippen LogP contribution in [0, 0.1) is 0 Å². The van der Waals surface area contributed by atoms with Crippen molar-refractivity contribution in [1.82, 2.24) is 0 Å². The van der Waals surface area contributed by atoms with Crippen LogP contribution in [0.4, 0.5) is 0 Å². The van der Waals surface area contributed by atoms with Gasteiger partial charge in [-0.05, 0) is 28.8 Å². The number of hydrogen-bond donors (Lipinski definition) is 1. The van der Waals surface area contributed by atoms with Gasteiger partial charge in [0, 0.05) is 17.7 Å². The van der Waals surface area contributed by atoms with E-state index in [4.69, 9.17) is 10.0 Å². The zero-order chi connectivity index (χ0) is 18.1. The first-order valence-electron chi connectivity index (χ1n) is 8.10. The summed E-state index contributed by atoms with van der Waals surface area (Å²) in [7, 11) is -4.01. The van der Waals surface area contributed by atoms with Gasteiger partial charge < -0.3 is 5.73 Å². The maximum Gasteiger partial charge on any atom is 0.358 e. The van der Waals surface area contributed by atoms with Crippen LogP contribution in [0.25, 0.3) is 11.1 Å². The van der Waals surface area contributed by atoms with Crippen molar-refractivity contribution >= 4 is 15.8 Å². The smallest absolute Gasteiger partial charge is 0.326 e. The fourth-order valence-corrected chi connectivity index (χ4v) is 3.74. The lowest BCUT2D eigenvalue weighted by Gasteiger charge is -2.05. The molecule has 0 radical (unpaired) electrons. The van der Waals surface area contributed by atoms with Crippen molar-refractivity contribution in [1.29, 1.82) is 0 Å². The van der Waals surface area contributed by atoms with Gasteiger partial charge in [-0.1, -0.05) is 65.8 Å². The number of benzene rings is 3. The molecule has 0 amide bonds. The molecule has 0 unspecified atom stereocenters. The van der Waals surface area contributed by atoms with Gasteiger partial charge in [0.2, 0.25) is 0 Å². The summed E-state index contributed by atoms with van der Waals surface area (Å²) in [5, 5.41) is 4.00. The van der Waals surface area contributed by atoms with Crippen molar-refractivity contribution < 1.29 is 12.7 Å². The molecule has 1 aliphatic carbocycles. The molecule has 0 aliphatic heterocycles. The molecule has 0 aromatic heterocycles. The maximum atomic E-state index is 12.5. The van der Waals surface area contributed by atoms with Crippen molar-refractivity contribution in [3.63, 3.8) is 0 Å². The second kappa shape index (κ2) is 6.40. The topological polar surface area (TPSA) is 81.8 Å². The summed E-state index contributed by atoms with van der Waals surface area (Å²) < 4.78 is 29.9. The Morgan fingerprint density at radius 1 is 0.769 bits per heavy atom. The van der Waals surface area contributed by atoms with Gasteiger partial charge in [0.25, 0.3) is 0 Å². The Labute approximate surface area is 151 Å². The van der Waals surface area contributed by atoms with E-state index >= 15 is 0 Å². The third-order valence-electron chi connectivity index (χ3n) is 4.33. The molecule has 4 rings (SSSR count). The summed E-state index contributed by atoms with van der Waals surface area (Å²) in [4.78, 5) is 0.0404. The lowest BCUT2D eigenvalue weighted by Crippen LogP contribution is -2.07. The van der Waals surface area contributed by atoms with Gasteiger partial charge in [0.1, 0.15) is 10.6 Å². The normalized spacial score (nSPS) is 12.4. The molecule has 0 fully saturated rings. The Morgan fingerprint density at radius 3 is 1.77 bits per heavy atom. The van der Waals surface area contributed by atoms with Crippen LogP contribution in [0.15, 0.2) is 82.8 Å². The monoisotopic (exact) mass is 364 g/mol. The molecule has 1 aliphatic rings. The molecule has 5 nitrogen and oxygen atoms in total. The lowest BCUT2D eigenvalue weighted by atomic mass is 10.1. The Kier molecular flexibility index (Phi) is 4.06. The van der Waals surface area contributed by atoms with Gasteiger partial charge in [-0.2, -0.15) is 8.42 Å². The van der Waals surface area contributed by atoms with Gasteiger partial charge >= 0.3 is 10.1 Å². The first-order valence-corrected chi connectivity index (χ1v) is 9.51. The average molecular weight is 364 g/mol. The highest BCUT2D eigenvalue weighted by molar-refractivity contribution is 7.86. The Hall–Kier alpha value is -2.96. The zero-order valence-corrected chi connectivity index (χ0v) is 14.6. The van der Waals surface area contributed by atoms with Crippen LogP contribution in [-0.2, 0) is 20.9 Å². The SMILES string of the molecule is NCc1ccc(S(=O)(=O)ON=C2c3ccccc3-c3ccccc32)cc1. The molecular formula is C20H16N2O3S. The summed E-state index contributed by atoms with van der Waals surface area (Å²) in [6, 6.07) is 21.7. The fourth-order valence-electron chi connectivity index (χ4n) is 3.01. The third kappa shape index (κ3) is 2.79. The van der Waals surface area contributed by atoms with E-state index in [-0.39, 0.29) is 4.90 Å². The predicted molar refractivity (Wildman–Crippen MR) is 100 cm³/mol. The molecule has 26 heavy (non-hydrogen) atoms. The van der Waals surface area contributed by atoms with E-state index in [1.54, 1.807) is 12.1 Å². The van der Waals surface area contributed by atoms with Crippen LogP contribution in [-0.4, -0.2) is 14.1 Å². The van der Waals surface area contributed by atoms with Crippen molar-refractivity contribution in [2.24, 2.45) is 10.9 Å². The van der Waals surface area contributed by atoms with Gasteiger partial charge in [0.05, 0.1) is 0 Å². The molecule has 0 spiro atoms. The molecule has 0 atom stereocenters. The minimum absolute atomic E-state index is 0.0404. The molecular weight excluding hydrogens is 348 g/mol. The summed E-state index contributed by atoms with van der Waals surface area (Å²) in [5.74, 6) is 0. The molecule has 2 N–H and O–H groups in total. The second-order valence-electron chi connectivity index (χ2n) is 5.91. The quantitative estimate of drug-likeness (QED) is 0.564. The predicted octanol–water partition coefficient (Wildman–Crippen LogP) is 3.28. The Morgan fingerprint density at radius 2 is 1.27 bits per heavy atom. The highest BCUT2D eigenvalue weighted by Crippen LogP contribution is 2.36. The molecule has 0 saturated carbocycles. The highest BCUT2D eigenvalue weighted by atomic mass is 32.2. The van der Waals surface area contributed by atoms with Crippen LogP contribution < -0.4 is 5.73 Å². The molecule has 0 saturated heterocycles. The Bertz CT molecular complexity index is 1060. The van der Waals surface area contributed by atoms with E-state index in [9.17, 15) is 8.42 Å². The number of nitrogens with two attached hydrogens (primary N) is 1. The van der Waals surface area contributed by atoms with Gasteiger partial charge in [0.15, 0.2) is 0 Å². The number of hydrogen-bond acceptors (Lipinski definition) is 5. The van der Waals surface area contributed by atoms with E-state index in [2.05, 4.69) is 5.16 Å². The number of fused-ring (bicyclic) bond motifs is 3. The number of nitrogens with zero attached hydrogens (tertiary/aromatic N) is 1. The summed E-state index contributed by atoms with van der Waals surface area (Å²) in [5.41, 5.74) is 10.6. The van der Waals surface area contributed by atoms with Gasteiger partial charge in [-0.15, -0.1) is 0 Å². The van der Waals surface area contributed by atoms with Crippen LogP contribution in [0.1, 0.15) is 16.7 Å². The van der Waals surface area contributed by atoms with E-state index in [1.165, 1.54) is 12.1 Å². The van der Waals surface area contributed by atoms with Crippen molar-refractivity contribution in [2.75, 3.05) is 0 Å². The zero-order valence-electron chi connectivity index (χ0n) is 13.8. The first kappa shape index (κ1) is 16.5. The van der Waals surface area contributed by atoms with Crippen LogP contribution in [0.5, 0.6) is 0 Å². The minimum Gasteiger partial charge on any atom is -0.326 e. The van der Waals surface area contributed by atoms with E-state index in [1.807, 2.05) is 48.5 Å². The number of oxime groups is 1. The molecule has 0 bridgehead atoms. The second-order valence-corrected chi connectivity index (χ2v) is 7.44. The molecule has 0 heterocycles. The molecule has 130 valence electrons. The van der Waals surface area contributed by atoms with Crippen LogP contribution in [0.2, 0.25) is 0 Å². The summed E-state index contributed by atoms with van der Waals surface area (Å²) >= 11 is 0. The molecule has 6 heteroatoms. The van der Waals surface area contributed by atoms with Crippen LogP contribution in [0.3, 0.4) is 0 Å². The average Bonchev–Trinajstić information content (AvgIpc) is 3.00. The number of rotatable bonds is 4. The lowest BCUT2D eigenvalue weighted by molar-refractivity contribution is 0.339. The van der Waals surface area contributed by atoms with E-state index < -0.39 is 10.1 Å². The van der Waals surface area contributed by atoms with Crippen molar-refractivity contribution in [3.8, 4) is 11.1 Å². The molecule has 3 aromatic rings. The van der Waals surface area contributed by atoms with Crippen molar-refractivity contribution in [3.05, 3.63) is 89.5 Å².